The molecule has 0 fully saturated rings. The summed E-state index contributed by atoms with van der Waals surface area (Å²) in [4.78, 5) is 3.34. The number of nitriles is 1. The Labute approximate surface area is 92.7 Å². The third-order valence-corrected chi connectivity index (χ3v) is 1.99. The molecule has 0 unspecified atom stereocenters. The first kappa shape index (κ1) is 13.2. The van der Waals surface area contributed by atoms with Crippen molar-refractivity contribution in [2.45, 2.75) is 19.0 Å². The van der Waals surface area contributed by atoms with Crippen LogP contribution in [0.4, 0.5) is 27.6 Å². The van der Waals surface area contributed by atoms with E-state index in [1.54, 1.807) is 6.07 Å². The second kappa shape index (κ2) is 4.53. The first-order valence-corrected chi connectivity index (χ1v) is 4.28. The number of rotatable bonds is 2. The molecule has 0 atom stereocenters. The molecule has 0 saturated heterocycles. The monoisotopic (exact) mass is 251 g/mol. The van der Waals surface area contributed by atoms with E-state index in [9.17, 15) is 22.0 Å². The zero-order valence-electron chi connectivity index (χ0n) is 8.22. The highest BCUT2D eigenvalue weighted by Crippen LogP contribution is 2.40. The molecule has 0 saturated carbocycles. The van der Waals surface area contributed by atoms with Crippen molar-refractivity contribution in [3.05, 3.63) is 23.0 Å². The molecule has 0 amide bonds. The lowest BCUT2D eigenvalue weighted by molar-refractivity contribution is -0.138. The van der Waals surface area contributed by atoms with Gasteiger partial charge in [0.05, 0.1) is 35.0 Å². The van der Waals surface area contributed by atoms with E-state index in [-0.39, 0.29) is 5.69 Å². The van der Waals surface area contributed by atoms with Crippen LogP contribution in [-0.2, 0) is 12.6 Å². The van der Waals surface area contributed by atoms with Crippen molar-refractivity contribution in [1.82, 2.24) is 4.98 Å². The molecule has 92 valence electrons. The summed E-state index contributed by atoms with van der Waals surface area (Å²) in [5.74, 6) is 0. The maximum absolute atomic E-state index is 12.6. The molecule has 0 aliphatic heterocycles. The van der Waals surface area contributed by atoms with Crippen molar-refractivity contribution < 1.29 is 22.0 Å². The van der Waals surface area contributed by atoms with Crippen LogP contribution in [0.5, 0.6) is 0 Å². The minimum absolute atomic E-state index is 0.357. The number of halogens is 5. The summed E-state index contributed by atoms with van der Waals surface area (Å²) in [6, 6.07) is 1.55. The topological polar surface area (TPSA) is 62.7 Å². The summed E-state index contributed by atoms with van der Waals surface area (Å²) < 4.78 is 62.5. The number of nitrogen functional groups attached to an aromatic ring is 1. The molecule has 0 aliphatic carbocycles. The minimum Gasteiger partial charge on any atom is -0.397 e. The molecule has 1 rings (SSSR count). The van der Waals surface area contributed by atoms with Crippen LogP contribution < -0.4 is 5.73 Å². The average Bonchev–Trinajstić information content (AvgIpc) is 2.18. The molecular weight excluding hydrogens is 245 g/mol. The largest absolute Gasteiger partial charge is 0.418 e. The van der Waals surface area contributed by atoms with Gasteiger partial charge in [-0.15, -0.1) is 0 Å². The number of pyridine rings is 1. The van der Waals surface area contributed by atoms with Gasteiger partial charge >= 0.3 is 6.18 Å². The lowest BCUT2D eigenvalue weighted by Crippen LogP contribution is -2.16. The van der Waals surface area contributed by atoms with Gasteiger partial charge in [-0.05, 0) is 0 Å². The molecular formula is C9H6F5N3. The zero-order chi connectivity index (χ0) is 13.2. The van der Waals surface area contributed by atoms with Crippen molar-refractivity contribution in [3.63, 3.8) is 0 Å². The Balaban J connectivity index is 3.49. The van der Waals surface area contributed by atoms with E-state index in [1.807, 2.05) is 0 Å². The average molecular weight is 251 g/mol. The molecule has 1 aromatic rings. The molecule has 17 heavy (non-hydrogen) atoms. The SMILES string of the molecule is N#CCc1ncc(C(F)F)c(C(F)(F)F)c1N. The van der Waals surface area contributed by atoms with Gasteiger partial charge in [0, 0.05) is 6.20 Å². The van der Waals surface area contributed by atoms with Crippen LogP contribution in [0.25, 0.3) is 0 Å². The normalized spacial score (nSPS) is 11.6. The minimum atomic E-state index is -5.01. The Morgan fingerprint density at radius 2 is 2.00 bits per heavy atom. The molecule has 0 aliphatic rings. The van der Waals surface area contributed by atoms with E-state index >= 15 is 0 Å². The highest BCUT2D eigenvalue weighted by molar-refractivity contribution is 5.56. The van der Waals surface area contributed by atoms with Crippen LogP contribution in [0.3, 0.4) is 0 Å². The summed E-state index contributed by atoms with van der Waals surface area (Å²) in [5.41, 5.74) is 0.952. The maximum atomic E-state index is 12.6. The highest BCUT2D eigenvalue weighted by atomic mass is 19.4. The summed E-state index contributed by atoms with van der Waals surface area (Å²) in [6.07, 6.45) is -8.42. The number of nitrogens with zero attached hydrogens (tertiary/aromatic N) is 2. The molecule has 1 aromatic heterocycles. The number of anilines is 1. The standard InChI is InChI=1S/C9H6F5N3/c10-8(11)4-3-17-5(1-2-15)7(16)6(4)9(12,13)14/h3,8H,1,16H2. The van der Waals surface area contributed by atoms with Crippen LogP contribution in [0, 0.1) is 11.3 Å². The van der Waals surface area contributed by atoms with Crippen LogP contribution in [0.2, 0.25) is 0 Å². The Hall–Kier alpha value is -1.91. The smallest absolute Gasteiger partial charge is 0.397 e. The quantitative estimate of drug-likeness (QED) is 0.822. The van der Waals surface area contributed by atoms with Crippen molar-refractivity contribution in [1.29, 1.82) is 5.26 Å². The van der Waals surface area contributed by atoms with Gasteiger partial charge in [0.25, 0.3) is 6.43 Å². The predicted molar refractivity (Wildman–Crippen MR) is 47.9 cm³/mol. The van der Waals surface area contributed by atoms with Gasteiger partial charge in [-0.1, -0.05) is 0 Å². The van der Waals surface area contributed by atoms with Crippen LogP contribution in [0.15, 0.2) is 6.20 Å². The summed E-state index contributed by atoms with van der Waals surface area (Å²) >= 11 is 0. The fraction of sp³-hybridized carbons (Fsp3) is 0.333. The van der Waals surface area contributed by atoms with Crippen molar-refractivity contribution in [2.75, 3.05) is 5.73 Å². The summed E-state index contributed by atoms with van der Waals surface area (Å²) in [7, 11) is 0. The van der Waals surface area contributed by atoms with Crippen LogP contribution in [0.1, 0.15) is 23.2 Å². The van der Waals surface area contributed by atoms with Gasteiger partial charge in [0.1, 0.15) is 0 Å². The lowest BCUT2D eigenvalue weighted by Gasteiger charge is -2.16. The molecule has 8 heteroatoms. The molecule has 0 spiro atoms. The number of aromatic nitrogens is 1. The molecule has 2 N–H and O–H groups in total. The van der Waals surface area contributed by atoms with Crippen LogP contribution >= 0.6 is 0 Å². The third kappa shape index (κ3) is 2.61. The molecule has 1 heterocycles. The van der Waals surface area contributed by atoms with E-state index < -0.39 is 35.8 Å². The second-order valence-electron chi connectivity index (χ2n) is 3.08. The Morgan fingerprint density at radius 3 is 2.41 bits per heavy atom. The first-order chi connectivity index (χ1) is 7.79. The van der Waals surface area contributed by atoms with E-state index in [0.717, 1.165) is 0 Å². The number of hydrogen-bond donors (Lipinski definition) is 1. The van der Waals surface area contributed by atoms with Crippen molar-refractivity contribution in [3.8, 4) is 6.07 Å². The van der Waals surface area contributed by atoms with E-state index in [4.69, 9.17) is 11.0 Å². The van der Waals surface area contributed by atoms with Crippen LogP contribution in [-0.4, -0.2) is 4.98 Å². The molecule has 3 nitrogen and oxygen atoms in total. The Bertz CT molecular complexity index is 461. The van der Waals surface area contributed by atoms with E-state index in [2.05, 4.69) is 4.98 Å². The fourth-order valence-corrected chi connectivity index (χ4v) is 1.28. The Kier molecular flexibility index (Phi) is 3.50. The zero-order valence-corrected chi connectivity index (χ0v) is 8.22. The molecule has 0 aromatic carbocycles. The fourth-order valence-electron chi connectivity index (χ4n) is 1.28. The van der Waals surface area contributed by atoms with E-state index in [0.29, 0.717) is 6.20 Å². The van der Waals surface area contributed by atoms with Gasteiger partial charge in [-0.2, -0.15) is 18.4 Å². The van der Waals surface area contributed by atoms with Crippen molar-refractivity contribution in [2.24, 2.45) is 0 Å². The lowest BCUT2D eigenvalue weighted by atomic mass is 10.1. The first-order valence-electron chi connectivity index (χ1n) is 4.28. The van der Waals surface area contributed by atoms with Crippen molar-refractivity contribution >= 4 is 5.69 Å². The highest BCUT2D eigenvalue weighted by Gasteiger charge is 2.39. The summed E-state index contributed by atoms with van der Waals surface area (Å²) in [5, 5.41) is 8.34. The molecule has 0 radical (unpaired) electrons. The molecule has 0 bridgehead atoms. The predicted octanol–water partition coefficient (Wildman–Crippen LogP) is 2.69. The number of nitrogens with two attached hydrogens (primary N) is 1. The number of hydrogen-bond acceptors (Lipinski definition) is 3. The Morgan fingerprint density at radius 1 is 1.41 bits per heavy atom. The van der Waals surface area contributed by atoms with Gasteiger partial charge in [-0.3, -0.25) is 4.98 Å². The van der Waals surface area contributed by atoms with Gasteiger partial charge < -0.3 is 5.73 Å². The maximum Gasteiger partial charge on any atom is 0.418 e. The van der Waals surface area contributed by atoms with Gasteiger partial charge in [0.15, 0.2) is 0 Å². The third-order valence-electron chi connectivity index (χ3n) is 1.99. The van der Waals surface area contributed by atoms with Gasteiger partial charge in [0.2, 0.25) is 0 Å². The summed E-state index contributed by atoms with van der Waals surface area (Å²) in [6.45, 7) is 0. The second-order valence-corrected chi connectivity index (χ2v) is 3.08. The van der Waals surface area contributed by atoms with Gasteiger partial charge in [-0.25, -0.2) is 8.78 Å². The number of alkyl halides is 5. The van der Waals surface area contributed by atoms with E-state index in [1.165, 1.54) is 0 Å².